The van der Waals surface area contributed by atoms with E-state index in [4.69, 9.17) is 11.6 Å². The molecule has 1 amide bonds. The topological polar surface area (TPSA) is 70.6 Å². The van der Waals surface area contributed by atoms with Crippen LogP contribution in [0.15, 0.2) is 47.4 Å². The molecule has 2 aromatic carbocycles. The van der Waals surface area contributed by atoms with Gasteiger partial charge in [0, 0.05) is 18.0 Å². The minimum absolute atomic E-state index is 0.0530. The van der Waals surface area contributed by atoms with Crippen LogP contribution in [0, 0.1) is 5.82 Å². The molecule has 0 spiro atoms. The van der Waals surface area contributed by atoms with Crippen molar-refractivity contribution in [2.24, 2.45) is 0 Å². The Hall–Kier alpha value is -2.07. The molecule has 0 N–H and O–H groups in total. The summed E-state index contributed by atoms with van der Waals surface area (Å²) in [7, 11) is 0.341. The summed E-state index contributed by atoms with van der Waals surface area (Å²) in [4.78, 5) is 21.3. The van der Waals surface area contributed by atoms with Crippen LogP contribution >= 0.6 is 22.9 Å². The Bertz CT molecular complexity index is 1180. The molecule has 10 heteroatoms. The molecule has 1 heterocycles. The van der Waals surface area contributed by atoms with Crippen LogP contribution in [0.1, 0.15) is 19.3 Å². The zero-order valence-electron chi connectivity index (χ0n) is 17.9. The molecular formula is C22H25ClFN3O3S2. The van der Waals surface area contributed by atoms with Gasteiger partial charge in [-0.3, -0.25) is 9.69 Å². The average molecular weight is 498 g/mol. The predicted octanol–water partition coefficient (Wildman–Crippen LogP) is 4.63. The number of amides is 1. The highest BCUT2D eigenvalue weighted by Crippen LogP contribution is 2.31. The summed E-state index contributed by atoms with van der Waals surface area (Å²) in [5, 5.41) is 1.18. The molecular weight excluding hydrogens is 473 g/mol. The maximum atomic E-state index is 13.1. The molecule has 3 rings (SSSR count). The smallest absolute Gasteiger partial charge is 0.228 e. The maximum Gasteiger partial charge on any atom is 0.228 e. The van der Waals surface area contributed by atoms with E-state index in [0.717, 1.165) is 35.3 Å². The van der Waals surface area contributed by atoms with Gasteiger partial charge in [0.05, 0.1) is 20.9 Å². The number of nitrogens with zero attached hydrogens (tertiary/aromatic N) is 3. The Morgan fingerprint density at radius 2 is 1.81 bits per heavy atom. The summed E-state index contributed by atoms with van der Waals surface area (Å²) in [6.07, 6.45) is 0.988. The van der Waals surface area contributed by atoms with Crippen molar-refractivity contribution in [2.75, 3.05) is 37.8 Å². The Balaban J connectivity index is 1.70. The van der Waals surface area contributed by atoms with E-state index in [1.807, 2.05) is 31.1 Å². The molecule has 0 bridgehead atoms. The van der Waals surface area contributed by atoms with E-state index in [1.165, 1.54) is 23.5 Å². The van der Waals surface area contributed by atoms with Crippen LogP contribution in [-0.4, -0.2) is 57.1 Å². The fraction of sp³-hybridized carbons (Fsp3) is 0.364. The minimum Gasteiger partial charge on any atom is -0.309 e. The summed E-state index contributed by atoms with van der Waals surface area (Å²) in [5.74, 6) is -0.862. The minimum atomic E-state index is -3.59. The van der Waals surface area contributed by atoms with Gasteiger partial charge < -0.3 is 4.90 Å². The van der Waals surface area contributed by atoms with E-state index in [2.05, 4.69) is 4.98 Å². The first-order valence-electron chi connectivity index (χ1n) is 10.2. The molecule has 0 saturated carbocycles. The number of anilines is 1. The van der Waals surface area contributed by atoms with Crippen molar-refractivity contribution in [3.05, 3.63) is 53.3 Å². The lowest BCUT2D eigenvalue weighted by atomic mass is 10.3. The maximum absolute atomic E-state index is 13.1. The molecule has 32 heavy (non-hydrogen) atoms. The average Bonchev–Trinajstić information content (AvgIpc) is 3.13. The van der Waals surface area contributed by atoms with Crippen LogP contribution in [0.2, 0.25) is 5.02 Å². The van der Waals surface area contributed by atoms with Crippen molar-refractivity contribution in [1.29, 1.82) is 0 Å². The number of carbonyl (C=O) groups excluding carboxylic acids is 1. The summed E-state index contributed by atoms with van der Waals surface area (Å²) < 4.78 is 38.9. The van der Waals surface area contributed by atoms with Gasteiger partial charge in [0.15, 0.2) is 15.0 Å². The first kappa shape index (κ1) is 24.6. The third kappa shape index (κ3) is 6.48. The van der Waals surface area contributed by atoms with Crippen molar-refractivity contribution in [3.63, 3.8) is 0 Å². The standard InChI is InChI=1S/C22H25ClFN3O3S2/c1-26(2)12-4-13-27(22-25-19-11-6-16(23)15-20(19)31-22)21(28)5-3-14-32(29,30)18-9-7-17(24)8-10-18/h6-11,15H,3-5,12-14H2,1-2H3. The lowest BCUT2D eigenvalue weighted by Crippen LogP contribution is -2.33. The third-order valence-corrected chi connectivity index (χ3v) is 7.93. The van der Waals surface area contributed by atoms with Gasteiger partial charge in [-0.05, 0) is 75.9 Å². The summed E-state index contributed by atoms with van der Waals surface area (Å²) in [6.45, 7) is 1.29. The summed E-state index contributed by atoms with van der Waals surface area (Å²) in [6, 6.07) is 10.1. The van der Waals surface area contributed by atoms with Crippen molar-refractivity contribution in [1.82, 2.24) is 9.88 Å². The van der Waals surface area contributed by atoms with E-state index in [1.54, 1.807) is 11.0 Å². The number of thiazole rings is 1. The van der Waals surface area contributed by atoms with E-state index < -0.39 is 15.7 Å². The van der Waals surface area contributed by atoms with Crippen LogP contribution in [0.3, 0.4) is 0 Å². The highest BCUT2D eigenvalue weighted by molar-refractivity contribution is 7.91. The largest absolute Gasteiger partial charge is 0.309 e. The molecule has 6 nitrogen and oxygen atoms in total. The van der Waals surface area contributed by atoms with Crippen LogP contribution in [0.5, 0.6) is 0 Å². The predicted molar refractivity (Wildman–Crippen MR) is 128 cm³/mol. The number of sulfone groups is 1. The second-order valence-corrected chi connectivity index (χ2v) is 11.2. The van der Waals surface area contributed by atoms with Crippen LogP contribution in [0.4, 0.5) is 9.52 Å². The Labute approximate surface area is 196 Å². The Morgan fingerprint density at radius 3 is 2.50 bits per heavy atom. The summed E-state index contributed by atoms with van der Waals surface area (Å²) in [5.41, 5.74) is 0.763. The van der Waals surface area contributed by atoms with Gasteiger partial charge in [-0.2, -0.15) is 0 Å². The van der Waals surface area contributed by atoms with Gasteiger partial charge in [0.25, 0.3) is 0 Å². The number of benzene rings is 2. The van der Waals surface area contributed by atoms with E-state index in [9.17, 15) is 17.6 Å². The molecule has 0 saturated heterocycles. The van der Waals surface area contributed by atoms with Crippen LogP contribution in [0.25, 0.3) is 10.2 Å². The van der Waals surface area contributed by atoms with Crippen molar-refractivity contribution >= 4 is 54.0 Å². The SMILES string of the molecule is CN(C)CCCN(C(=O)CCCS(=O)(=O)c1ccc(F)cc1)c1nc2ccc(Cl)cc2s1. The highest BCUT2D eigenvalue weighted by atomic mass is 35.5. The van der Waals surface area contributed by atoms with Gasteiger partial charge in [-0.25, -0.2) is 17.8 Å². The molecule has 0 aliphatic heterocycles. The Morgan fingerprint density at radius 1 is 1.09 bits per heavy atom. The lowest BCUT2D eigenvalue weighted by Gasteiger charge is -2.21. The Kier molecular flexibility index (Phi) is 8.21. The van der Waals surface area contributed by atoms with Gasteiger partial charge in [0.2, 0.25) is 5.91 Å². The second-order valence-electron chi connectivity index (χ2n) is 7.69. The van der Waals surface area contributed by atoms with Crippen LogP contribution < -0.4 is 4.90 Å². The van der Waals surface area contributed by atoms with Crippen molar-refractivity contribution in [2.45, 2.75) is 24.2 Å². The summed E-state index contributed by atoms with van der Waals surface area (Å²) >= 11 is 7.46. The number of halogens is 2. The highest BCUT2D eigenvalue weighted by Gasteiger charge is 2.21. The lowest BCUT2D eigenvalue weighted by molar-refractivity contribution is -0.118. The number of rotatable bonds is 10. The quantitative estimate of drug-likeness (QED) is 0.382. The molecule has 172 valence electrons. The monoisotopic (exact) mass is 497 g/mol. The molecule has 0 aliphatic carbocycles. The van der Waals surface area contributed by atoms with E-state index in [0.29, 0.717) is 16.7 Å². The molecule has 0 radical (unpaired) electrons. The van der Waals surface area contributed by atoms with Gasteiger partial charge in [-0.15, -0.1) is 0 Å². The van der Waals surface area contributed by atoms with Gasteiger partial charge in [-0.1, -0.05) is 22.9 Å². The number of carbonyl (C=O) groups is 1. The zero-order valence-corrected chi connectivity index (χ0v) is 20.3. The van der Waals surface area contributed by atoms with E-state index in [-0.39, 0.29) is 29.4 Å². The zero-order chi connectivity index (χ0) is 23.3. The number of hydrogen-bond acceptors (Lipinski definition) is 6. The van der Waals surface area contributed by atoms with Crippen molar-refractivity contribution < 1.29 is 17.6 Å². The molecule has 0 aliphatic rings. The molecule has 1 aromatic heterocycles. The van der Waals surface area contributed by atoms with E-state index >= 15 is 0 Å². The number of fused-ring (bicyclic) bond motifs is 1. The normalized spacial score (nSPS) is 11.9. The first-order valence-corrected chi connectivity index (χ1v) is 13.0. The van der Waals surface area contributed by atoms with Crippen molar-refractivity contribution in [3.8, 4) is 0 Å². The van der Waals surface area contributed by atoms with Gasteiger partial charge in [0.1, 0.15) is 5.82 Å². The second kappa shape index (κ2) is 10.7. The fourth-order valence-electron chi connectivity index (χ4n) is 3.18. The number of aromatic nitrogens is 1. The molecule has 3 aromatic rings. The third-order valence-electron chi connectivity index (χ3n) is 4.83. The number of hydrogen-bond donors (Lipinski definition) is 0. The van der Waals surface area contributed by atoms with Crippen LogP contribution in [-0.2, 0) is 14.6 Å². The first-order chi connectivity index (χ1) is 15.2. The molecule has 0 atom stereocenters. The van der Waals surface area contributed by atoms with Gasteiger partial charge >= 0.3 is 0 Å². The molecule has 0 fully saturated rings. The molecule has 0 unspecified atom stereocenters. The fourth-order valence-corrected chi connectivity index (χ4v) is 5.78.